The third kappa shape index (κ3) is 7.47. The third-order valence-corrected chi connectivity index (χ3v) is 3.83. The van der Waals surface area contributed by atoms with Crippen LogP contribution in [0.2, 0.25) is 0 Å². The van der Waals surface area contributed by atoms with Crippen molar-refractivity contribution in [3.05, 3.63) is 12.2 Å². The summed E-state index contributed by atoms with van der Waals surface area (Å²) in [6.45, 7) is 3.54. The molecule has 7 heteroatoms. The number of nitrogens with one attached hydrogen (secondary N) is 1. The number of amides is 1. The first-order valence-corrected chi connectivity index (χ1v) is 8.29. The maximum absolute atomic E-state index is 11.8. The number of carbonyl (C=O) groups is 1. The third-order valence-electron chi connectivity index (χ3n) is 3.06. The van der Waals surface area contributed by atoms with Crippen LogP contribution in [0.25, 0.3) is 0 Å². The maximum atomic E-state index is 11.8. The van der Waals surface area contributed by atoms with Crippen LogP contribution in [0.4, 0.5) is 0 Å². The fourth-order valence-electron chi connectivity index (χ4n) is 1.98. The Balaban J connectivity index is 2.17. The molecule has 110 valence electrons. The number of hydrogen-bond acceptors (Lipinski definition) is 3. The molecule has 1 amide bonds. The van der Waals surface area contributed by atoms with Crippen molar-refractivity contribution < 1.29 is 23.9 Å². The van der Waals surface area contributed by atoms with Crippen molar-refractivity contribution in [1.29, 1.82) is 0 Å². The minimum atomic E-state index is -4.03. The van der Waals surface area contributed by atoms with Gasteiger partial charge in [-0.1, -0.05) is 25.8 Å². The van der Waals surface area contributed by atoms with Crippen molar-refractivity contribution in [3.8, 4) is 0 Å². The molecule has 0 heterocycles. The van der Waals surface area contributed by atoms with E-state index >= 15 is 0 Å². The first-order chi connectivity index (χ1) is 8.88. The molecule has 0 saturated heterocycles. The van der Waals surface area contributed by atoms with Crippen LogP contribution in [0.3, 0.4) is 0 Å². The molecule has 0 atom stereocenters. The molecule has 1 aliphatic rings. The fraction of sp³-hybridized carbons (Fsp3) is 0.750. The molecule has 0 bridgehead atoms. The van der Waals surface area contributed by atoms with Crippen LogP contribution >= 0.6 is 7.60 Å². The monoisotopic (exact) mass is 291 g/mol. The Morgan fingerprint density at radius 3 is 2.53 bits per heavy atom. The van der Waals surface area contributed by atoms with Crippen LogP contribution in [0.5, 0.6) is 0 Å². The minimum absolute atomic E-state index is 0.00144. The van der Waals surface area contributed by atoms with Crippen molar-refractivity contribution in [2.45, 2.75) is 38.1 Å². The highest BCUT2D eigenvalue weighted by molar-refractivity contribution is 7.51. The highest BCUT2D eigenvalue weighted by atomic mass is 31.2. The van der Waals surface area contributed by atoms with Gasteiger partial charge in [-0.2, -0.15) is 0 Å². The Hall–Kier alpha value is -0.680. The second-order valence-electron chi connectivity index (χ2n) is 4.85. The second kappa shape index (κ2) is 7.80. The molecule has 0 spiro atoms. The molecule has 0 aromatic rings. The zero-order valence-electron chi connectivity index (χ0n) is 11.0. The molecular formula is C12H22NO5P. The molecule has 1 fully saturated rings. The standard InChI is InChI=1S/C12H22NO5P/c1-10(9-18-7-8-19(15,16)17)12(14)13-11-5-3-2-4-6-11/h11H,1-9H2,(H,13,14)(H2,15,16,17). The molecule has 19 heavy (non-hydrogen) atoms. The summed E-state index contributed by atoms with van der Waals surface area (Å²) in [6.07, 6.45) is 5.14. The summed E-state index contributed by atoms with van der Waals surface area (Å²) >= 11 is 0. The fourth-order valence-corrected chi connectivity index (χ4v) is 2.35. The zero-order chi connectivity index (χ0) is 14.3. The van der Waals surface area contributed by atoms with Crippen molar-refractivity contribution in [1.82, 2.24) is 5.32 Å². The van der Waals surface area contributed by atoms with Gasteiger partial charge in [0.2, 0.25) is 5.91 Å². The molecule has 1 aliphatic carbocycles. The molecule has 0 aromatic carbocycles. The van der Waals surface area contributed by atoms with E-state index in [1.165, 1.54) is 6.42 Å². The first-order valence-electron chi connectivity index (χ1n) is 6.49. The topological polar surface area (TPSA) is 95.9 Å². The van der Waals surface area contributed by atoms with E-state index in [2.05, 4.69) is 11.9 Å². The van der Waals surface area contributed by atoms with Crippen LogP contribution in [0.1, 0.15) is 32.1 Å². The van der Waals surface area contributed by atoms with Crippen LogP contribution in [0, 0.1) is 0 Å². The number of carbonyl (C=O) groups excluding carboxylic acids is 1. The van der Waals surface area contributed by atoms with Gasteiger partial charge < -0.3 is 19.8 Å². The predicted octanol–water partition coefficient (Wildman–Crippen LogP) is 1.19. The lowest BCUT2D eigenvalue weighted by molar-refractivity contribution is -0.118. The van der Waals surface area contributed by atoms with Crippen molar-refractivity contribution in [3.63, 3.8) is 0 Å². The highest BCUT2D eigenvalue weighted by Crippen LogP contribution is 2.33. The van der Waals surface area contributed by atoms with Crippen LogP contribution in [-0.2, 0) is 14.1 Å². The number of rotatable bonds is 7. The zero-order valence-corrected chi connectivity index (χ0v) is 11.9. The van der Waals surface area contributed by atoms with Gasteiger partial charge in [0.1, 0.15) is 0 Å². The van der Waals surface area contributed by atoms with Crippen LogP contribution in [0.15, 0.2) is 12.2 Å². The van der Waals surface area contributed by atoms with Gasteiger partial charge in [0, 0.05) is 11.6 Å². The van der Waals surface area contributed by atoms with Crippen LogP contribution < -0.4 is 5.32 Å². The summed E-state index contributed by atoms with van der Waals surface area (Å²) in [5.74, 6) is -0.233. The molecule has 1 rings (SSSR count). The van der Waals surface area contributed by atoms with E-state index < -0.39 is 7.60 Å². The summed E-state index contributed by atoms with van der Waals surface area (Å²) in [6, 6.07) is 0.216. The largest absolute Gasteiger partial charge is 0.376 e. The minimum Gasteiger partial charge on any atom is -0.376 e. The molecule has 0 radical (unpaired) electrons. The molecule has 6 nitrogen and oxygen atoms in total. The van der Waals surface area contributed by atoms with Gasteiger partial charge in [-0.15, -0.1) is 0 Å². The van der Waals surface area contributed by atoms with Gasteiger partial charge in [0.05, 0.1) is 19.4 Å². The van der Waals surface area contributed by atoms with Gasteiger partial charge in [0.25, 0.3) is 0 Å². The van der Waals surface area contributed by atoms with Crippen molar-refractivity contribution in [2.75, 3.05) is 19.4 Å². The first kappa shape index (κ1) is 16.4. The number of ether oxygens (including phenoxy) is 1. The quantitative estimate of drug-likeness (QED) is 0.372. The predicted molar refractivity (Wildman–Crippen MR) is 71.9 cm³/mol. The summed E-state index contributed by atoms with van der Waals surface area (Å²) in [5, 5.41) is 2.90. The van der Waals surface area contributed by atoms with E-state index in [1.54, 1.807) is 0 Å². The summed E-state index contributed by atoms with van der Waals surface area (Å²) in [4.78, 5) is 29.0. The van der Waals surface area contributed by atoms with Crippen molar-refractivity contribution in [2.24, 2.45) is 0 Å². The lowest BCUT2D eigenvalue weighted by Crippen LogP contribution is -2.37. The summed E-state index contributed by atoms with van der Waals surface area (Å²) in [7, 11) is -4.03. The average Bonchev–Trinajstić information content (AvgIpc) is 2.34. The molecule has 0 aromatic heterocycles. The van der Waals surface area contributed by atoms with Crippen molar-refractivity contribution >= 4 is 13.5 Å². The summed E-state index contributed by atoms with van der Waals surface area (Å²) < 4.78 is 15.6. The Bertz CT molecular complexity index is 359. The van der Waals surface area contributed by atoms with E-state index in [0.29, 0.717) is 0 Å². The van der Waals surface area contributed by atoms with E-state index in [0.717, 1.165) is 25.7 Å². The Morgan fingerprint density at radius 2 is 1.95 bits per heavy atom. The molecular weight excluding hydrogens is 269 g/mol. The van der Waals surface area contributed by atoms with Crippen LogP contribution in [-0.4, -0.2) is 41.1 Å². The highest BCUT2D eigenvalue weighted by Gasteiger charge is 2.17. The maximum Gasteiger partial charge on any atom is 0.327 e. The van der Waals surface area contributed by atoms with E-state index in [1.807, 2.05) is 0 Å². The van der Waals surface area contributed by atoms with Gasteiger partial charge in [-0.3, -0.25) is 9.36 Å². The Morgan fingerprint density at radius 1 is 1.32 bits per heavy atom. The second-order valence-corrected chi connectivity index (χ2v) is 6.63. The van der Waals surface area contributed by atoms with Gasteiger partial charge in [0.15, 0.2) is 0 Å². The van der Waals surface area contributed by atoms with E-state index in [4.69, 9.17) is 14.5 Å². The van der Waals surface area contributed by atoms with Gasteiger partial charge in [-0.25, -0.2) is 0 Å². The van der Waals surface area contributed by atoms with Gasteiger partial charge >= 0.3 is 7.60 Å². The van der Waals surface area contributed by atoms with Gasteiger partial charge in [-0.05, 0) is 12.8 Å². The Kier molecular flexibility index (Phi) is 6.72. The molecule has 3 N–H and O–H groups in total. The average molecular weight is 291 g/mol. The normalized spacial score (nSPS) is 17.2. The van der Waals surface area contributed by atoms with E-state index in [9.17, 15) is 9.36 Å². The smallest absolute Gasteiger partial charge is 0.327 e. The van der Waals surface area contributed by atoms with E-state index in [-0.39, 0.29) is 36.9 Å². The lowest BCUT2D eigenvalue weighted by atomic mass is 9.95. The Labute approximate surface area is 113 Å². The SMILES string of the molecule is C=C(COCCP(=O)(O)O)C(=O)NC1CCCCC1. The molecule has 0 unspecified atom stereocenters. The lowest BCUT2D eigenvalue weighted by Gasteiger charge is -2.23. The molecule has 0 aliphatic heterocycles. The number of hydrogen-bond donors (Lipinski definition) is 3. The molecule has 1 saturated carbocycles. The summed E-state index contributed by atoms with van der Waals surface area (Å²) in [5.41, 5.74) is 0.288.